The maximum atomic E-state index is 8.08. The highest BCUT2D eigenvalue weighted by Crippen LogP contribution is 2.34. The molecule has 1 aliphatic carbocycles. The summed E-state index contributed by atoms with van der Waals surface area (Å²) in [6.07, 6.45) is 11.0. The summed E-state index contributed by atoms with van der Waals surface area (Å²) in [6.45, 7) is 0. The van der Waals surface area contributed by atoms with E-state index in [0.29, 0.717) is 0 Å². The van der Waals surface area contributed by atoms with Crippen LogP contribution in [0.1, 0.15) is 17.5 Å². The fourth-order valence-electron chi connectivity index (χ4n) is 3.98. The van der Waals surface area contributed by atoms with Crippen LogP contribution >= 0.6 is 11.3 Å². The van der Waals surface area contributed by atoms with Gasteiger partial charge in [-0.3, -0.25) is 14.0 Å². The fraction of sp³-hybridized carbons (Fsp3) is 0.0909. The second kappa shape index (κ2) is 6.64. The molecule has 0 aliphatic heterocycles. The zero-order valence-electron chi connectivity index (χ0n) is 15.9. The summed E-state index contributed by atoms with van der Waals surface area (Å²) >= 11 is 1.58. The molecule has 1 aromatic carbocycles. The summed E-state index contributed by atoms with van der Waals surface area (Å²) in [6, 6.07) is 10.3. The van der Waals surface area contributed by atoms with E-state index in [0.717, 1.165) is 57.8 Å². The molecule has 30 heavy (non-hydrogen) atoms. The average Bonchev–Trinajstić information content (AvgIpc) is 3.55. The molecule has 0 atom stereocenters. The van der Waals surface area contributed by atoms with Crippen LogP contribution in [0.3, 0.4) is 0 Å². The van der Waals surface area contributed by atoms with Gasteiger partial charge in [0.15, 0.2) is 10.8 Å². The molecular formula is C22H17N7S. The van der Waals surface area contributed by atoms with E-state index in [-0.39, 0.29) is 0 Å². The van der Waals surface area contributed by atoms with Crippen molar-refractivity contribution < 1.29 is 0 Å². The number of nitrogens with zero attached hydrogens (tertiary/aromatic N) is 5. The third kappa shape index (κ3) is 2.65. The van der Waals surface area contributed by atoms with Crippen molar-refractivity contribution in [3.05, 3.63) is 77.8 Å². The van der Waals surface area contributed by atoms with Crippen LogP contribution in [-0.2, 0) is 6.42 Å². The number of thiazole rings is 1. The molecule has 0 unspecified atom stereocenters. The first kappa shape index (κ1) is 17.1. The lowest BCUT2D eigenvalue weighted by atomic mass is 10.1. The highest BCUT2D eigenvalue weighted by molar-refractivity contribution is 7.12. The summed E-state index contributed by atoms with van der Waals surface area (Å²) in [5.41, 5.74) is 6.53. The van der Waals surface area contributed by atoms with Gasteiger partial charge >= 0.3 is 0 Å². The minimum Gasteiger partial charge on any atom is -0.339 e. The molecule has 0 radical (unpaired) electrons. The molecule has 4 aromatic heterocycles. The van der Waals surface area contributed by atoms with Gasteiger partial charge in [0.25, 0.3) is 0 Å². The zero-order valence-corrected chi connectivity index (χ0v) is 16.7. The van der Waals surface area contributed by atoms with Crippen molar-refractivity contribution >= 4 is 34.2 Å². The van der Waals surface area contributed by atoms with Crippen molar-refractivity contribution in [2.75, 3.05) is 5.32 Å². The number of benzene rings is 1. The maximum Gasteiger partial charge on any atom is 0.194 e. The summed E-state index contributed by atoms with van der Waals surface area (Å²) in [5, 5.41) is 14.5. The SMILES string of the molecule is N=C1CCc2cc(Nc3c(-c4cccn4-c4nccs4)nc4cnccn34)ccc21. The van der Waals surface area contributed by atoms with Gasteiger partial charge in [-0.1, -0.05) is 6.07 Å². The van der Waals surface area contributed by atoms with Gasteiger partial charge in [-0.2, -0.15) is 0 Å². The third-order valence-corrected chi connectivity index (χ3v) is 6.16. The fourth-order valence-corrected chi connectivity index (χ4v) is 4.62. The minimum atomic E-state index is 0.722. The molecule has 1 aliphatic rings. The third-order valence-electron chi connectivity index (χ3n) is 5.38. The van der Waals surface area contributed by atoms with E-state index in [4.69, 9.17) is 10.4 Å². The molecular weight excluding hydrogens is 394 g/mol. The van der Waals surface area contributed by atoms with Gasteiger partial charge in [-0.25, -0.2) is 9.97 Å². The lowest BCUT2D eigenvalue weighted by molar-refractivity contribution is 1.05. The lowest BCUT2D eigenvalue weighted by Crippen LogP contribution is -2.00. The van der Waals surface area contributed by atoms with E-state index in [2.05, 4.69) is 25.9 Å². The van der Waals surface area contributed by atoms with E-state index in [1.165, 1.54) is 5.56 Å². The molecule has 4 heterocycles. The van der Waals surface area contributed by atoms with Crippen molar-refractivity contribution in [2.45, 2.75) is 12.8 Å². The molecule has 8 heteroatoms. The Kier molecular flexibility index (Phi) is 3.78. The second-order valence-electron chi connectivity index (χ2n) is 7.17. The molecule has 0 amide bonds. The smallest absolute Gasteiger partial charge is 0.194 e. The average molecular weight is 411 g/mol. The standard InChI is InChI=1S/C22H17N7S/c23-17-6-3-14-12-15(4-5-16(14)17)26-21-20(27-19-13-24-7-10-29(19)21)18-2-1-9-28(18)22-25-8-11-30-22/h1-2,4-5,7-13,23,26H,3,6H2. The monoisotopic (exact) mass is 411 g/mol. The van der Waals surface area contributed by atoms with Gasteiger partial charge in [-0.05, 0) is 48.2 Å². The van der Waals surface area contributed by atoms with Gasteiger partial charge in [-0.15, -0.1) is 11.3 Å². The molecule has 0 spiro atoms. The number of aryl methyl sites for hydroxylation is 1. The number of hydrogen-bond acceptors (Lipinski definition) is 6. The van der Waals surface area contributed by atoms with Crippen LogP contribution < -0.4 is 5.32 Å². The van der Waals surface area contributed by atoms with E-state index < -0.39 is 0 Å². The Morgan fingerprint density at radius 3 is 2.97 bits per heavy atom. The number of imidazole rings is 1. The van der Waals surface area contributed by atoms with Crippen LogP contribution in [0.15, 0.2) is 66.7 Å². The van der Waals surface area contributed by atoms with Gasteiger partial charge in [0.1, 0.15) is 11.5 Å². The Hall–Kier alpha value is -3.78. The molecule has 146 valence electrons. The number of aromatic nitrogens is 5. The Morgan fingerprint density at radius 2 is 2.07 bits per heavy atom. The Bertz CT molecular complexity index is 1390. The van der Waals surface area contributed by atoms with Crippen LogP contribution in [0.4, 0.5) is 11.5 Å². The largest absolute Gasteiger partial charge is 0.339 e. The summed E-state index contributed by atoms with van der Waals surface area (Å²) in [4.78, 5) is 13.6. The van der Waals surface area contributed by atoms with Crippen molar-refractivity contribution in [3.63, 3.8) is 0 Å². The van der Waals surface area contributed by atoms with Gasteiger partial charge < -0.3 is 10.7 Å². The zero-order chi connectivity index (χ0) is 20.1. The molecule has 0 bridgehead atoms. The molecule has 0 saturated heterocycles. The van der Waals surface area contributed by atoms with Crippen LogP contribution in [0.2, 0.25) is 0 Å². The molecule has 2 N–H and O–H groups in total. The highest BCUT2D eigenvalue weighted by Gasteiger charge is 2.20. The Labute approximate surface area is 176 Å². The van der Waals surface area contributed by atoms with Gasteiger partial charge in [0.05, 0.1) is 11.9 Å². The first-order chi connectivity index (χ1) is 14.8. The van der Waals surface area contributed by atoms with Crippen LogP contribution in [0.25, 0.3) is 22.2 Å². The maximum absolute atomic E-state index is 8.08. The highest BCUT2D eigenvalue weighted by atomic mass is 32.1. The molecule has 0 saturated carbocycles. The number of fused-ring (bicyclic) bond motifs is 2. The summed E-state index contributed by atoms with van der Waals surface area (Å²) in [7, 11) is 0. The Balaban J connectivity index is 1.50. The second-order valence-corrected chi connectivity index (χ2v) is 8.04. The lowest BCUT2D eigenvalue weighted by Gasteiger charge is -2.11. The Morgan fingerprint density at radius 1 is 1.10 bits per heavy atom. The van der Waals surface area contributed by atoms with Crippen molar-refractivity contribution in [1.82, 2.24) is 23.9 Å². The number of anilines is 2. The summed E-state index contributed by atoms with van der Waals surface area (Å²) < 4.78 is 4.06. The van der Waals surface area contributed by atoms with Gasteiger partial charge in [0.2, 0.25) is 0 Å². The normalized spacial score (nSPS) is 13.1. The quantitative estimate of drug-likeness (QED) is 0.449. The topological polar surface area (TPSA) is 83.9 Å². The first-order valence-corrected chi connectivity index (χ1v) is 10.5. The number of rotatable bonds is 4. The molecule has 6 rings (SSSR count). The molecule has 5 aromatic rings. The van der Waals surface area contributed by atoms with E-state index in [1.807, 2.05) is 46.4 Å². The summed E-state index contributed by atoms with van der Waals surface area (Å²) in [5.74, 6) is 0.872. The van der Waals surface area contributed by atoms with Crippen molar-refractivity contribution in [1.29, 1.82) is 5.41 Å². The predicted octanol–water partition coefficient (Wildman–Crippen LogP) is 4.70. The first-order valence-electron chi connectivity index (χ1n) is 9.65. The molecule has 0 fully saturated rings. The minimum absolute atomic E-state index is 0.722. The van der Waals surface area contributed by atoms with Gasteiger partial charge in [0, 0.05) is 41.6 Å². The van der Waals surface area contributed by atoms with E-state index in [9.17, 15) is 0 Å². The van der Waals surface area contributed by atoms with Crippen LogP contribution in [0.5, 0.6) is 0 Å². The van der Waals surface area contributed by atoms with Crippen molar-refractivity contribution in [3.8, 4) is 16.5 Å². The van der Waals surface area contributed by atoms with E-state index in [1.54, 1.807) is 29.9 Å². The predicted molar refractivity (Wildman–Crippen MR) is 118 cm³/mol. The number of hydrogen-bond donors (Lipinski definition) is 2. The molecule has 7 nitrogen and oxygen atoms in total. The van der Waals surface area contributed by atoms with Crippen molar-refractivity contribution in [2.24, 2.45) is 0 Å². The van der Waals surface area contributed by atoms with Crippen LogP contribution in [0, 0.1) is 5.41 Å². The van der Waals surface area contributed by atoms with Crippen LogP contribution in [-0.4, -0.2) is 29.6 Å². The number of nitrogens with one attached hydrogen (secondary N) is 2. The van der Waals surface area contributed by atoms with E-state index >= 15 is 0 Å².